The van der Waals surface area contributed by atoms with Crippen LogP contribution in [0, 0.1) is 5.92 Å². The molecule has 2 aliphatic heterocycles. The Labute approximate surface area is 177 Å². The lowest BCUT2D eigenvalue weighted by Gasteiger charge is -2.36. The fourth-order valence-electron chi connectivity index (χ4n) is 3.66. The molecule has 3 heterocycles. The Hall–Kier alpha value is -2.24. The van der Waals surface area contributed by atoms with Crippen LogP contribution in [0.5, 0.6) is 0 Å². The molecule has 0 unspecified atom stereocenters. The third-order valence-electron chi connectivity index (χ3n) is 5.32. The highest BCUT2D eigenvalue weighted by Gasteiger charge is 2.30. The number of aliphatic imine (C=N–C) groups is 1. The average molecular weight is 439 g/mol. The molecular weight excluding hydrogens is 408 g/mol. The number of carbonyl (C=O) groups excluding carboxylic acids is 1. The van der Waals surface area contributed by atoms with Crippen molar-refractivity contribution in [1.29, 1.82) is 0 Å². The van der Waals surface area contributed by atoms with Gasteiger partial charge in [0.15, 0.2) is 5.96 Å². The number of guanidine groups is 1. The Morgan fingerprint density at radius 3 is 2.57 bits per heavy atom. The number of sulfonamides is 1. The minimum absolute atomic E-state index is 0.0451. The first-order chi connectivity index (χ1) is 14.5. The number of pyridine rings is 1. The summed E-state index contributed by atoms with van der Waals surface area (Å²) in [5.41, 5.74) is 0. The first kappa shape index (κ1) is 22.4. The number of aromatic nitrogens is 1. The molecule has 0 bridgehead atoms. The van der Waals surface area contributed by atoms with E-state index >= 15 is 0 Å². The maximum Gasteiger partial charge on any atom is 0.242 e. The van der Waals surface area contributed by atoms with E-state index in [1.165, 1.54) is 18.5 Å². The third kappa shape index (κ3) is 5.89. The molecule has 3 rings (SSSR count). The van der Waals surface area contributed by atoms with Crippen molar-refractivity contribution in [2.45, 2.75) is 17.7 Å². The van der Waals surface area contributed by atoms with Gasteiger partial charge in [-0.25, -0.2) is 13.1 Å². The van der Waals surface area contributed by atoms with Gasteiger partial charge in [0.25, 0.3) is 0 Å². The molecule has 166 valence electrons. The quantitative estimate of drug-likeness (QED) is 0.350. The molecule has 0 saturated carbocycles. The van der Waals surface area contributed by atoms with Crippen molar-refractivity contribution in [3.05, 3.63) is 24.5 Å². The van der Waals surface area contributed by atoms with Gasteiger partial charge in [0.1, 0.15) is 4.90 Å². The number of nitrogens with zero attached hydrogens (tertiary/aromatic N) is 4. The lowest BCUT2D eigenvalue weighted by atomic mass is 9.95. The maximum atomic E-state index is 12.7. The molecule has 0 radical (unpaired) electrons. The molecule has 1 aromatic rings. The number of ether oxygens (including phenoxy) is 1. The van der Waals surface area contributed by atoms with Crippen molar-refractivity contribution in [3.63, 3.8) is 0 Å². The molecule has 2 fully saturated rings. The predicted molar refractivity (Wildman–Crippen MR) is 112 cm³/mol. The summed E-state index contributed by atoms with van der Waals surface area (Å²) in [7, 11) is -1.87. The molecule has 1 aromatic heterocycles. The molecule has 10 nitrogen and oxygen atoms in total. The SMILES string of the molecule is CN=C(NCCNS(=O)(=O)c1cccnc1)N1CCC(C(=O)N2CCOCC2)CC1. The van der Waals surface area contributed by atoms with Gasteiger partial charge in [-0.2, -0.15) is 0 Å². The van der Waals surface area contributed by atoms with Crippen LogP contribution in [0.25, 0.3) is 0 Å². The van der Waals surface area contributed by atoms with Crippen LogP contribution in [0.15, 0.2) is 34.4 Å². The number of morpholine rings is 1. The van der Waals surface area contributed by atoms with Crippen LogP contribution in [0.3, 0.4) is 0 Å². The molecule has 0 aromatic carbocycles. The van der Waals surface area contributed by atoms with E-state index in [-0.39, 0.29) is 23.3 Å². The van der Waals surface area contributed by atoms with Crippen LogP contribution < -0.4 is 10.0 Å². The molecule has 2 aliphatic rings. The number of nitrogens with one attached hydrogen (secondary N) is 2. The number of piperidine rings is 1. The number of hydrogen-bond donors (Lipinski definition) is 2. The van der Waals surface area contributed by atoms with Crippen LogP contribution in [0.4, 0.5) is 0 Å². The minimum atomic E-state index is -3.57. The van der Waals surface area contributed by atoms with Crippen molar-refractivity contribution in [1.82, 2.24) is 24.8 Å². The van der Waals surface area contributed by atoms with Gasteiger partial charge in [0.2, 0.25) is 15.9 Å². The molecule has 0 aliphatic carbocycles. The standard InChI is InChI=1S/C19H30N6O4S/c1-20-19(22-7-8-23-30(27,28)17-3-2-6-21-15-17)25-9-4-16(5-10-25)18(26)24-11-13-29-14-12-24/h2-3,6,15-16,23H,4-5,7-14H2,1H3,(H,20,22). The van der Waals surface area contributed by atoms with Crippen LogP contribution >= 0.6 is 0 Å². The van der Waals surface area contributed by atoms with E-state index in [0.29, 0.717) is 38.8 Å². The fraction of sp³-hybridized carbons (Fsp3) is 0.632. The van der Waals surface area contributed by atoms with E-state index in [0.717, 1.165) is 25.9 Å². The van der Waals surface area contributed by atoms with Crippen LogP contribution in [0.1, 0.15) is 12.8 Å². The fourth-order valence-corrected chi connectivity index (χ4v) is 4.66. The van der Waals surface area contributed by atoms with Gasteiger partial charge < -0.3 is 19.9 Å². The van der Waals surface area contributed by atoms with Gasteiger partial charge in [0.05, 0.1) is 13.2 Å². The summed E-state index contributed by atoms with van der Waals surface area (Å²) in [6.07, 6.45) is 4.41. The Morgan fingerprint density at radius 2 is 1.93 bits per heavy atom. The molecule has 0 atom stereocenters. The average Bonchev–Trinajstić information content (AvgIpc) is 2.80. The van der Waals surface area contributed by atoms with E-state index in [9.17, 15) is 13.2 Å². The summed E-state index contributed by atoms with van der Waals surface area (Å²) in [5.74, 6) is 0.988. The maximum absolute atomic E-state index is 12.7. The minimum Gasteiger partial charge on any atom is -0.378 e. The molecular formula is C19H30N6O4S. The molecule has 2 saturated heterocycles. The molecule has 11 heteroatoms. The highest BCUT2D eigenvalue weighted by molar-refractivity contribution is 7.89. The zero-order valence-electron chi connectivity index (χ0n) is 17.3. The largest absolute Gasteiger partial charge is 0.378 e. The van der Waals surface area contributed by atoms with E-state index in [1.54, 1.807) is 13.1 Å². The zero-order chi connectivity index (χ0) is 21.4. The summed E-state index contributed by atoms with van der Waals surface area (Å²) in [6, 6.07) is 3.09. The van der Waals surface area contributed by atoms with Gasteiger partial charge in [-0.05, 0) is 25.0 Å². The Kier molecular flexibility index (Phi) is 8.00. The van der Waals surface area contributed by atoms with Gasteiger partial charge in [-0.1, -0.05) is 0 Å². The Bertz CT molecular complexity index is 819. The second-order valence-electron chi connectivity index (χ2n) is 7.26. The topological polar surface area (TPSA) is 116 Å². The van der Waals surface area contributed by atoms with Gasteiger partial charge in [-0.15, -0.1) is 0 Å². The first-order valence-corrected chi connectivity index (χ1v) is 11.7. The first-order valence-electron chi connectivity index (χ1n) is 10.2. The highest BCUT2D eigenvalue weighted by Crippen LogP contribution is 2.20. The lowest BCUT2D eigenvalue weighted by molar-refractivity contribution is -0.140. The number of hydrogen-bond acceptors (Lipinski definition) is 6. The number of likely N-dealkylation sites (tertiary alicyclic amines) is 1. The Balaban J connectivity index is 1.41. The van der Waals surface area contributed by atoms with Gasteiger partial charge >= 0.3 is 0 Å². The Morgan fingerprint density at radius 1 is 1.20 bits per heavy atom. The summed E-state index contributed by atoms with van der Waals surface area (Å²) in [6.45, 7) is 4.69. The summed E-state index contributed by atoms with van der Waals surface area (Å²) in [4.78, 5) is 24.9. The highest BCUT2D eigenvalue weighted by atomic mass is 32.2. The number of carbonyl (C=O) groups is 1. The summed E-state index contributed by atoms with van der Waals surface area (Å²) < 4.78 is 32.3. The van der Waals surface area contributed by atoms with Crippen molar-refractivity contribution < 1.29 is 17.9 Å². The second-order valence-corrected chi connectivity index (χ2v) is 9.03. The van der Waals surface area contributed by atoms with Crippen molar-refractivity contribution >= 4 is 21.9 Å². The number of rotatable bonds is 6. The monoisotopic (exact) mass is 438 g/mol. The van der Waals surface area contributed by atoms with Crippen LogP contribution in [-0.4, -0.2) is 94.6 Å². The number of amides is 1. The summed E-state index contributed by atoms with van der Waals surface area (Å²) >= 11 is 0. The lowest BCUT2D eigenvalue weighted by Crippen LogP contribution is -2.50. The smallest absolute Gasteiger partial charge is 0.242 e. The second kappa shape index (κ2) is 10.7. The van der Waals surface area contributed by atoms with E-state index < -0.39 is 10.0 Å². The summed E-state index contributed by atoms with van der Waals surface area (Å²) in [5, 5.41) is 3.19. The van der Waals surface area contributed by atoms with Crippen molar-refractivity contribution in [2.24, 2.45) is 10.9 Å². The molecule has 30 heavy (non-hydrogen) atoms. The van der Waals surface area contributed by atoms with E-state index in [1.807, 2.05) is 4.90 Å². The van der Waals surface area contributed by atoms with Gasteiger partial charge in [0, 0.05) is 64.6 Å². The van der Waals surface area contributed by atoms with E-state index in [2.05, 4.69) is 24.9 Å². The van der Waals surface area contributed by atoms with Gasteiger partial charge in [-0.3, -0.25) is 14.8 Å². The normalized spacial score (nSPS) is 19.0. The molecule has 1 amide bonds. The van der Waals surface area contributed by atoms with E-state index in [4.69, 9.17) is 4.74 Å². The molecule has 0 spiro atoms. The third-order valence-corrected chi connectivity index (χ3v) is 6.77. The zero-order valence-corrected chi connectivity index (χ0v) is 18.1. The van der Waals surface area contributed by atoms with Crippen LogP contribution in [-0.2, 0) is 19.6 Å². The van der Waals surface area contributed by atoms with Crippen molar-refractivity contribution in [2.75, 3.05) is 59.5 Å². The molecule has 2 N–H and O–H groups in total. The van der Waals surface area contributed by atoms with Crippen LogP contribution in [0.2, 0.25) is 0 Å². The van der Waals surface area contributed by atoms with Crippen molar-refractivity contribution in [3.8, 4) is 0 Å². The predicted octanol–water partition coefficient (Wildman–Crippen LogP) is -0.494.